The van der Waals surface area contributed by atoms with Crippen LogP contribution < -0.4 is 5.73 Å². The molecule has 1 unspecified atom stereocenters. The Morgan fingerprint density at radius 1 is 1.40 bits per heavy atom. The fourth-order valence-electron chi connectivity index (χ4n) is 1.26. The van der Waals surface area contributed by atoms with Crippen molar-refractivity contribution < 1.29 is 14.3 Å². The van der Waals surface area contributed by atoms with E-state index in [2.05, 4.69) is 4.74 Å². The van der Waals surface area contributed by atoms with Gasteiger partial charge in [-0.2, -0.15) is 0 Å². The molecule has 0 fully saturated rings. The number of carbonyl (C=O) groups is 2. The van der Waals surface area contributed by atoms with Crippen molar-refractivity contribution in [2.45, 2.75) is 18.9 Å². The van der Waals surface area contributed by atoms with Gasteiger partial charge in [-0.05, 0) is 18.4 Å². The molecule has 0 aliphatic heterocycles. The number of nitrogens with two attached hydrogens (primary N) is 1. The Morgan fingerprint density at radius 3 is 2.60 bits per heavy atom. The minimum absolute atomic E-state index is 0.455. The molecule has 0 saturated carbocycles. The number of aldehydes is 1. The summed E-state index contributed by atoms with van der Waals surface area (Å²) >= 11 is 0. The molecule has 0 heterocycles. The zero-order valence-corrected chi connectivity index (χ0v) is 8.26. The molecule has 0 radical (unpaired) electrons. The average molecular weight is 207 g/mol. The standard InChI is InChI=1S/C11H13NO3/c12-11(14)15-10(8-13)7-6-9-4-2-1-3-5-9/h1-5,8,10H,6-7H2,(H2,12,14). The van der Waals surface area contributed by atoms with E-state index in [-0.39, 0.29) is 0 Å². The van der Waals surface area contributed by atoms with Crippen LogP contribution in [0, 0.1) is 0 Å². The molecular formula is C11H13NO3. The molecular weight excluding hydrogens is 194 g/mol. The van der Waals surface area contributed by atoms with Crippen LogP contribution >= 0.6 is 0 Å². The lowest BCUT2D eigenvalue weighted by Crippen LogP contribution is -2.24. The van der Waals surface area contributed by atoms with Gasteiger partial charge < -0.3 is 10.5 Å². The summed E-state index contributed by atoms with van der Waals surface area (Å²) in [7, 11) is 0. The van der Waals surface area contributed by atoms with Gasteiger partial charge in [0.25, 0.3) is 0 Å². The second kappa shape index (κ2) is 5.80. The summed E-state index contributed by atoms with van der Waals surface area (Å²) in [6.07, 6.45) is 0.0599. The first-order valence-corrected chi connectivity index (χ1v) is 4.67. The van der Waals surface area contributed by atoms with Crippen molar-refractivity contribution in [1.82, 2.24) is 0 Å². The van der Waals surface area contributed by atoms with Gasteiger partial charge in [-0.1, -0.05) is 30.3 Å². The normalized spacial score (nSPS) is 11.7. The van der Waals surface area contributed by atoms with Crippen LogP contribution in [0.3, 0.4) is 0 Å². The van der Waals surface area contributed by atoms with Crippen molar-refractivity contribution in [3.05, 3.63) is 35.9 Å². The van der Waals surface area contributed by atoms with Gasteiger partial charge in [0.1, 0.15) is 0 Å². The maximum Gasteiger partial charge on any atom is 0.405 e. The van der Waals surface area contributed by atoms with Gasteiger partial charge in [0.15, 0.2) is 12.4 Å². The monoisotopic (exact) mass is 207 g/mol. The van der Waals surface area contributed by atoms with Crippen LogP contribution in [0.1, 0.15) is 12.0 Å². The van der Waals surface area contributed by atoms with Gasteiger partial charge in [0.2, 0.25) is 0 Å². The zero-order chi connectivity index (χ0) is 11.1. The van der Waals surface area contributed by atoms with Gasteiger partial charge in [-0.3, -0.25) is 4.79 Å². The smallest absolute Gasteiger partial charge is 0.405 e. The predicted molar refractivity (Wildman–Crippen MR) is 55.3 cm³/mol. The maximum atomic E-state index is 10.5. The quantitative estimate of drug-likeness (QED) is 0.739. The Kier molecular flexibility index (Phi) is 4.34. The van der Waals surface area contributed by atoms with Crippen LogP contribution in [0.5, 0.6) is 0 Å². The van der Waals surface area contributed by atoms with Gasteiger partial charge in [0.05, 0.1) is 0 Å². The maximum absolute atomic E-state index is 10.5. The molecule has 0 aliphatic rings. The molecule has 1 aromatic rings. The van der Waals surface area contributed by atoms with Crippen LogP contribution in [0.25, 0.3) is 0 Å². The van der Waals surface area contributed by atoms with Gasteiger partial charge in [-0.15, -0.1) is 0 Å². The largest absolute Gasteiger partial charge is 0.439 e. The molecule has 2 N–H and O–H groups in total. The van der Waals surface area contributed by atoms with E-state index in [4.69, 9.17) is 5.73 Å². The molecule has 80 valence electrons. The molecule has 1 aromatic carbocycles. The first-order valence-electron chi connectivity index (χ1n) is 4.67. The summed E-state index contributed by atoms with van der Waals surface area (Å²) in [6.45, 7) is 0. The number of ether oxygens (including phenoxy) is 1. The summed E-state index contributed by atoms with van der Waals surface area (Å²) in [5.74, 6) is 0. The lowest BCUT2D eigenvalue weighted by molar-refractivity contribution is -0.115. The number of carbonyl (C=O) groups excluding carboxylic acids is 2. The van der Waals surface area contributed by atoms with Crippen molar-refractivity contribution >= 4 is 12.4 Å². The zero-order valence-electron chi connectivity index (χ0n) is 8.26. The van der Waals surface area contributed by atoms with E-state index in [1.54, 1.807) is 0 Å². The summed E-state index contributed by atoms with van der Waals surface area (Å²) in [6, 6.07) is 9.65. The molecule has 0 aliphatic carbocycles. The number of primary amides is 1. The van der Waals surface area contributed by atoms with Crippen molar-refractivity contribution in [3.8, 4) is 0 Å². The van der Waals surface area contributed by atoms with E-state index >= 15 is 0 Å². The minimum Gasteiger partial charge on any atom is -0.439 e. The Balaban J connectivity index is 2.41. The molecule has 1 rings (SSSR count). The molecule has 0 saturated heterocycles. The molecule has 1 amide bonds. The second-order valence-electron chi connectivity index (χ2n) is 3.14. The topological polar surface area (TPSA) is 69.4 Å². The van der Waals surface area contributed by atoms with Gasteiger partial charge >= 0.3 is 6.09 Å². The first kappa shape index (κ1) is 11.2. The van der Waals surface area contributed by atoms with Crippen LogP contribution in [0.4, 0.5) is 4.79 Å². The summed E-state index contributed by atoms with van der Waals surface area (Å²) < 4.78 is 4.59. The van der Waals surface area contributed by atoms with Crippen molar-refractivity contribution in [3.63, 3.8) is 0 Å². The highest BCUT2D eigenvalue weighted by Gasteiger charge is 2.10. The number of amides is 1. The van der Waals surface area contributed by atoms with E-state index < -0.39 is 12.2 Å². The minimum atomic E-state index is -0.917. The van der Waals surface area contributed by atoms with Gasteiger partial charge in [-0.25, -0.2) is 4.79 Å². The third kappa shape index (κ3) is 4.26. The fourth-order valence-corrected chi connectivity index (χ4v) is 1.26. The summed E-state index contributed by atoms with van der Waals surface area (Å²) in [5.41, 5.74) is 5.91. The number of hydrogen-bond donors (Lipinski definition) is 1. The first-order chi connectivity index (χ1) is 7.22. The Morgan fingerprint density at radius 2 is 2.07 bits per heavy atom. The van der Waals surface area contributed by atoms with Crippen LogP contribution in [0.15, 0.2) is 30.3 Å². The molecule has 1 atom stereocenters. The second-order valence-corrected chi connectivity index (χ2v) is 3.14. The summed E-state index contributed by atoms with van der Waals surface area (Å²) in [5, 5.41) is 0. The van der Waals surface area contributed by atoms with Crippen molar-refractivity contribution in [2.75, 3.05) is 0 Å². The highest BCUT2D eigenvalue weighted by Crippen LogP contribution is 2.06. The Bertz CT molecular complexity index is 324. The highest BCUT2D eigenvalue weighted by molar-refractivity contribution is 5.68. The third-order valence-electron chi connectivity index (χ3n) is 1.98. The van der Waals surface area contributed by atoms with Crippen molar-refractivity contribution in [2.24, 2.45) is 5.73 Å². The summed E-state index contributed by atoms with van der Waals surface area (Å²) in [4.78, 5) is 21.0. The lowest BCUT2D eigenvalue weighted by atomic mass is 10.1. The van der Waals surface area contributed by atoms with Crippen LogP contribution in [-0.2, 0) is 16.0 Å². The van der Waals surface area contributed by atoms with Gasteiger partial charge in [0, 0.05) is 0 Å². The molecule has 0 spiro atoms. The fraction of sp³-hybridized carbons (Fsp3) is 0.273. The molecule has 0 aromatic heterocycles. The Labute approximate surface area is 88.0 Å². The van der Waals surface area contributed by atoms with E-state index in [0.29, 0.717) is 19.1 Å². The number of rotatable bonds is 5. The number of hydrogen-bond acceptors (Lipinski definition) is 3. The molecule has 0 bridgehead atoms. The number of aryl methyl sites for hydroxylation is 1. The lowest BCUT2D eigenvalue weighted by Gasteiger charge is -2.09. The third-order valence-corrected chi connectivity index (χ3v) is 1.98. The molecule has 4 nitrogen and oxygen atoms in total. The average Bonchev–Trinajstić information content (AvgIpc) is 2.25. The van der Waals surface area contributed by atoms with Crippen molar-refractivity contribution in [1.29, 1.82) is 0 Å². The van der Waals surface area contributed by atoms with E-state index in [9.17, 15) is 9.59 Å². The Hall–Kier alpha value is -1.84. The van der Waals surface area contributed by atoms with Crippen LogP contribution in [-0.4, -0.2) is 18.5 Å². The SMILES string of the molecule is NC(=O)OC(C=O)CCc1ccccc1. The molecule has 15 heavy (non-hydrogen) atoms. The molecule has 4 heteroatoms. The van der Waals surface area contributed by atoms with Crippen LogP contribution in [0.2, 0.25) is 0 Å². The van der Waals surface area contributed by atoms with E-state index in [1.165, 1.54) is 0 Å². The van der Waals surface area contributed by atoms with E-state index in [0.717, 1.165) is 5.56 Å². The highest BCUT2D eigenvalue weighted by atomic mass is 16.6. The van der Waals surface area contributed by atoms with E-state index in [1.807, 2.05) is 30.3 Å². The number of benzene rings is 1. The predicted octanol–water partition coefficient (Wildman–Crippen LogP) is 1.28.